The van der Waals surface area contributed by atoms with Gasteiger partial charge in [0.2, 0.25) is 0 Å². The van der Waals surface area contributed by atoms with Crippen LogP contribution in [0.3, 0.4) is 0 Å². The molecule has 0 saturated heterocycles. The lowest BCUT2D eigenvalue weighted by Crippen LogP contribution is -2.08. The molecule has 0 aliphatic carbocycles. The molecular weight excluding hydrogens is 220 g/mol. The van der Waals surface area contributed by atoms with E-state index in [0.29, 0.717) is 0 Å². The van der Waals surface area contributed by atoms with Crippen molar-refractivity contribution in [3.63, 3.8) is 0 Å². The van der Waals surface area contributed by atoms with Gasteiger partial charge in [-0.2, -0.15) is 5.10 Å². The van der Waals surface area contributed by atoms with Gasteiger partial charge >= 0.3 is 0 Å². The van der Waals surface area contributed by atoms with Crippen molar-refractivity contribution in [2.45, 2.75) is 26.8 Å². The second-order valence-corrected chi connectivity index (χ2v) is 4.70. The number of hydrogen-bond donors (Lipinski definition) is 1. The van der Waals surface area contributed by atoms with Crippen LogP contribution in [-0.2, 0) is 0 Å². The molecule has 2 rings (SSSR count). The molecule has 1 N–H and O–H groups in total. The lowest BCUT2D eigenvalue weighted by molar-refractivity contribution is 0.843. The number of thiazole rings is 1. The fourth-order valence-corrected chi connectivity index (χ4v) is 2.19. The molecule has 0 radical (unpaired) electrons. The number of nitrogens with one attached hydrogen (secondary N) is 1. The average molecular weight is 234 g/mol. The molecule has 0 aliphatic rings. The number of nitrogens with zero attached hydrogens (tertiary/aromatic N) is 3. The largest absolute Gasteiger partial charge is 0.360 e. The Morgan fingerprint density at radius 1 is 1.38 bits per heavy atom. The molecule has 1 atom stereocenters. The molecule has 4 nitrogen and oxygen atoms in total. The second kappa shape index (κ2) is 4.57. The zero-order valence-electron chi connectivity index (χ0n) is 9.56. The minimum atomic E-state index is 0.162. The Bertz CT molecular complexity index is 480. The van der Waals surface area contributed by atoms with E-state index in [1.54, 1.807) is 17.5 Å². The number of rotatable bonds is 3. The van der Waals surface area contributed by atoms with Gasteiger partial charge in [0, 0.05) is 11.1 Å². The van der Waals surface area contributed by atoms with Gasteiger partial charge in [0.1, 0.15) is 10.8 Å². The number of anilines is 1. The zero-order chi connectivity index (χ0) is 11.5. The van der Waals surface area contributed by atoms with Crippen molar-refractivity contribution < 1.29 is 0 Å². The van der Waals surface area contributed by atoms with Crippen LogP contribution in [0.1, 0.15) is 29.2 Å². The van der Waals surface area contributed by atoms with Gasteiger partial charge in [0.25, 0.3) is 0 Å². The molecular formula is C11H14N4S. The Balaban J connectivity index is 2.10. The number of aromatic nitrogens is 3. The summed E-state index contributed by atoms with van der Waals surface area (Å²) in [6.45, 7) is 6.07. The molecule has 5 heteroatoms. The maximum atomic E-state index is 4.44. The topological polar surface area (TPSA) is 50.7 Å². The van der Waals surface area contributed by atoms with E-state index in [1.165, 1.54) is 0 Å². The lowest BCUT2D eigenvalue weighted by atomic mass is 10.3. The van der Waals surface area contributed by atoms with Crippen LogP contribution in [0.4, 0.5) is 5.82 Å². The third-order valence-electron chi connectivity index (χ3n) is 2.16. The van der Waals surface area contributed by atoms with Gasteiger partial charge in [0.05, 0.1) is 12.2 Å². The standard InChI is InChI=1S/C11H14N4S/c1-7-4-10(15-12-5-7)14-9(3)11-13-8(2)6-16-11/h4-6,9H,1-3H3,(H,14,15). The monoisotopic (exact) mass is 234 g/mol. The Labute approximate surface area is 98.8 Å². The van der Waals surface area contributed by atoms with Crippen LogP contribution in [0, 0.1) is 13.8 Å². The van der Waals surface area contributed by atoms with Crippen LogP contribution in [-0.4, -0.2) is 15.2 Å². The minimum Gasteiger partial charge on any atom is -0.360 e. The van der Waals surface area contributed by atoms with E-state index in [9.17, 15) is 0 Å². The smallest absolute Gasteiger partial charge is 0.149 e. The highest BCUT2D eigenvalue weighted by atomic mass is 32.1. The summed E-state index contributed by atoms with van der Waals surface area (Å²) < 4.78 is 0. The van der Waals surface area contributed by atoms with E-state index in [2.05, 4.69) is 32.8 Å². The van der Waals surface area contributed by atoms with Crippen molar-refractivity contribution in [3.05, 3.63) is 33.9 Å². The first-order valence-electron chi connectivity index (χ1n) is 5.13. The molecule has 2 heterocycles. The maximum Gasteiger partial charge on any atom is 0.149 e. The van der Waals surface area contributed by atoms with E-state index >= 15 is 0 Å². The molecule has 16 heavy (non-hydrogen) atoms. The lowest BCUT2D eigenvalue weighted by Gasteiger charge is -2.11. The van der Waals surface area contributed by atoms with E-state index < -0.39 is 0 Å². The summed E-state index contributed by atoms with van der Waals surface area (Å²) in [5.74, 6) is 0.792. The van der Waals surface area contributed by atoms with Gasteiger partial charge in [0.15, 0.2) is 0 Å². The Morgan fingerprint density at radius 3 is 2.81 bits per heavy atom. The van der Waals surface area contributed by atoms with E-state index in [0.717, 1.165) is 22.1 Å². The quantitative estimate of drug-likeness (QED) is 0.887. The number of hydrogen-bond acceptors (Lipinski definition) is 5. The summed E-state index contributed by atoms with van der Waals surface area (Å²) in [5.41, 5.74) is 2.16. The van der Waals surface area contributed by atoms with Crippen LogP contribution in [0.2, 0.25) is 0 Å². The van der Waals surface area contributed by atoms with Gasteiger partial charge in [-0.1, -0.05) is 0 Å². The first-order chi connectivity index (χ1) is 7.65. The molecule has 0 bridgehead atoms. The SMILES string of the molecule is Cc1cnnc(NC(C)c2nc(C)cs2)c1. The summed E-state index contributed by atoms with van der Waals surface area (Å²) in [6, 6.07) is 2.14. The minimum absolute atomic E-state index is 0.162. The van der Waals surface area contributed by atoms with Crippen LogP contribution < -0.4 is 5.32 Å². The van der Waals surface area contributed by atoms with Gasteiger partial charge in [-0.3, -0.25) is 0 Å². The van der Waals surface area contributed by atoms with Gasteiger partial charge in [-0.05, 0) is 32.4 Å². The van der Waals surface area contributed by atoms with Crippen LogP contribution in [0.15, 0.2) is 17.6 Å². The first-order valence-corrected chi connectivity index (χ1v) is 6.01. The van der Waals surface area contributed by atoms with E-state index in [-0.39, 0.29) is 6.04 Å². The molecule has 2 aromatic heterocycles. The summed E-state index contributed by atoms with van der Waals surface area (Å²) >= 11 is 1.66. The highest BCUT2D eigenvalue weighted by molar-refractivity contribution is 7.09. The third kappa shape index (κ3) is 2.55. The molecule has 0 amide bonds. The van der Waals surface area contributed by atoms with Crippen molar-refractivity contribution in [3.8, 4) is 0 Å². The van der Waals surface area contributed by atoms with E-state index in [1.807, 2.05) is 19.9 Å². The van der Waals surface area contributed by atoms with Crippen LogP contribution in [0.25, 0.3) is 0 Å². The first kappa shape index (κ1) is 11.0. The highest BCUT2D eigenvalue weighted by Gasteiger charge is 2.09. The fourth-order valence-electron chi connectivity index (χ4n) is 1.39. The Kier molecular flexibility index (Phi) is 3.14. The van der Waals surface area contributed by atoms with Crippen molar-refractivity contribution in [2.24, 2.45) is 0 Å². The highest BCUT2D eigenvalue weighted by Crippen LogP contribution is 2.21. The summed E-state index contributed by atoms with van der Waals surface area (Å²) in [4.78, 5) is 4.44. The predicted molar refractivity (Wildman–Crippen MR) is 65.7 cm³/mol. The molecule has 0 aromatic carbocycles. The Morgan fingerprint density at radius 2 is 2.19 bits per heavy atom. The van der Waals surface area contributed by atoms with Gasteiger partial charge in [-0.15, -0.1) is 16.4 Å². The fraction of sp³-hybridized carbons (Fsp3) is 0.364. The zero-order valence-corrected chi connectivity index (χ0v) is 10.4. The van der Waals surface area contributed by atoms with Crippen LogP contribution >= 0.6 is 11.3 Å². The predicted octanol–water partition coefficient (Wildman–Crippen LogP) is 2.72. The normalized spacial score (nSPS) is 12.4. The van der Waals surface area contributed by atoms with Crippen molar-refractivity contribution in [2.75, 3.05) is 5.32 Å². The molecule has 0 spiro atoms. The maximum absolute atomic E-state index is 4.44. The van der Waals surface area contributed by atoms with Crippen LogP contribution in [0.5, 0.6) is 0 Å². The average Bonchev–Trinajstić information content (AvgIpc) is 2.65. The third-order valence-corrected chi connectivity index (χ3v) is 3.31. The van der Waals surface area contributed by atoms with Crippen molar-refractivity contribution in [1.29, 1.82) is 0 Å². The summed E-state index contributed by atoms with van der Waals surface area (Å²) in [6.07, 6.45) is 1.74. The molecule has 0 saturated carbocycles. The van der Waals surface area contributed by atoms with Gasteiger partial charge in [-0.25, -0.2) is 4.98 Å². The van der Waals surface area contributed by atoms with Gasteiger partial charge < -0.3 is 5.32 Å². The van der Waals surface area contributed by atoms with Crippen molar-refractivity contribution >= 4 is 17.2 Å². The molecule has 0 aliphatic heterocycles. The molecule has 1 unspecified atom stereocenters. The second-order valence-electron chi connectivity index (χ2n) is 3.81. The molecule has 2 aromatic rings. The van der Waals surface area contributed by atoms with Crippen molar-refractivity contribution in [1.82, 2.24) is 15.2 Å². The Hall–Kier alpha value is -1.49. The summed E-state index contributed by atoms with van der Waals surface area (Å²) in [7, 11) is 0. The molecule has 84 valence electrons. The van der Waals surface area contributed by atoms with E-state index in [4.69, 9.17) is 0 Å². The number of aryl methyl sites for hydroxylation is 2. The molecule has 0 fully saturated rings. The summed E-state index contributed by atoms with van der Waals surface area (Å²) in [5, 5.41) is 14.3.